The summed E-state index contributed by atoms with van der Waals surface area (Å²) in [4.78, 5) is -0.258. The van der Waals surface area contributed by atoms with Gasteiger partial charge in [0.05, 0.1) is 18.0 Å². The van der Waals surface area contributed by atoms with E-state index in [2.05, 4.69) is 10.6 Å². The average Bonchev–Trinajstić information content (AvgIpc) is 2.31. The van der Waals surface area contributed by atoms with Gasteiger partial charge in [-0.2, -0.15) is 0 Å². The predicted molar refractivity (Wildman–Crippen MR) is 63.3 cm³/mol. The first-order valence-corrected chi connectivity index (χ1v) is 6.75. The van der Waals surface area contributed by atoms with Gasteiger partial charge >= 0.3 is 0 Å². The van der Waals surface area contributed by atoms with E-state index < -0.39 is 10.1 Å². The minimum atomic E-state index is -4.33. The maximum Gasteiger partial charge on any atom is 0.124 e. The summed E-state index contributed by atoms with van der Waals surface area (Å²) < 4.78 is 31.0. The molecule has 0 amide bonds. The van der Waals surface area contributed by atoms with E-state index in [4.69, 9.17) is 5.73 Å². The third-order valence-electron chi connectivity index (χ3n) is 2.22. The van der Waals surface area contributed by atoms with Gasteiger partial charge < -0.3 is 20.9 Å². The molecule has 0 atom stereocenters. The predicted octanol–water partition coefficient (Wildman–Crippen LogP) is -1.67. The molecule has 0 spiro atoms. The minimum Gasteiger partial charge on any atom is -0.744 e. The number of hydrogen-bond acceptors (Lipinski definition) is 5. The first-order valence-electron chi connectivity index (χ1n) is 5.34. The average molecular weight is 259 g/mol. The second-order valence-electron chi connectivity index (χ2n) is 3.64. The lowest BCUT2D eigenvalue weighted by atomic mass is 10.3. The maximum absolute atomic E-state index is 10.3. The Balaban J connectivity index is 0.000000202. The lowest BCUT2D eigenvalue weighted by molar-refractivity contribution is -0.657. The third-order valence-corrected chi connectivity index (χ3v) is 3.07. The fraction of sp³-hybridized carbons (Fsp3) is 0.400. The molecule has 0 aromatic heterocycles. The molecular weight excluding hydrogens is 242 g/mol. The standard InChI is InChI=1S/C6H7NO3S.C4H10N2/c7-5-1-3-6(4-2-5)11(8,9)10;1-2-6-4-3-5-1/h1-4H,7H2,(H,8,9,10);5-6H,1-4H2. The van der Waals surface area contributed by atoms with Crippen molar-refractivity contribution >= 4 is 15.8 Å². The van der Waals surface area contributed by atoms with Crippen LogP contribution in [0.25, 0.3) is 0 Å². The summed E-state index contributed by atoms with van der Waals surface area (Å²) in [7, 11) is -4.33. The van der Waals surface area contributed by atoms with Gasteiger partial charge in [0.15, 0.2) is 0 Å². The molecule has 1 aliphatic heterocycles. The molecule has 7 heteroatoms. The number of nitrogens with two attached hydrogens (primary N) is 2. The van der Waals surface area contributed by atoms with Crippen molar-refractivity contribution in [2.75, 3.05) is 31.9 Å². The van der Waals surface area contributed by atoms with Crippen molar-refractivity contribution in [2.45, 2.75) is 4.90 Å². The highest BCUT2D eigenvalue weighted by atomic mass is 32.2. The van der Waals surface area contributed by atoms with E-state index in [1.165, 1.54) is 50.4 Å². The number of rotatable bonds is 1. The molecule has 0 bridgehead atoms. The molecule has 1 saturated heterocycles. The van der Waals surface area contributed by atoms with Crippen LogP contribution in [0.5, 0.6) is 0 Å². The first kappa shape index (κ1) is 13.9. The zero-order valence-corrected chi connectivity index (χ0v) is 10.2. The smallest absolute Gasteiger partial charge is 0.124 e. The quantitative estimate of drug-likeness (QED) is 0.412. The van der Waals surface area contributed by atoms with Gasteiger partial charge in [0, 0.05) is 18.8 Å². The van der Waals surface area contributed by atoms with Crippen molar-refractivity contribution in [3.63, 3.8) is 0 Å². The van der Waals surface area contributed by atoms with Crippen molar-refractivity contribution in [2.24, 2.45) is 0 Å². The second kappa shape index (κ2) is 6.55. The molecule has 0 radical (unpaired) electrons. The summed E-state index contributed by atoms with van der Waals surface area (Å²) in [6.07, 6.45) is 0. The zero-order chi connectivity index (χ0) is 12.7. The highest BCUT2D eigenvalue weighted by Gasteiger charge is 1.98. The number of nitrogen functional groups attached to an aromatic ring is 1. The van der Waals surface area contributed by atoms with Crippen LogP contribution in [0.2, 0.25) is 0 Å². The van der Waals surface area contributed by atoms with Gasteiger partial charge in [0.25, 0.3) is 0 Å². The van der Waals surface area contributed by atoms with Crippen LogP contribution in [0.4, 0.5) is 5.69 Å². The Labute approximate surface area is 101 Å². The van der Waals surface area contributed by atoms with Crippen molar-refractivity contribution in [1.82, 2.24) is 5.32 Å². The van der Waals surface area contributed by atoms with Crippen molar-refractivity contribution < 1.29 is 18.3 Å². The summed E-state index contributed by atoms with van der Waals surface area (Å²) in [5.41, 5.74) is 5.70. The van der Waals surface area contributed by atoms with Gasteiger partial charge in [0.1, 0.15) is 10.1 Å². The molecule has 0 saturated carbocycles. The number of benzene rings is 1. The van der Waals surface area contributed by atoms with Crippen LogP contribution in [-0.4, -0.2) is 39.1 Å². The Kier molecular flexibility index (Phi) is 5.36. The highest BCUT2D eigenvalue weighted by molar-refractivity contribution is 7.85. The zero-order valence-electron chi connectivity index (χ0n) is 9.43. The summed E-state index contributed by atoms with van der Waals surface area (Å²) in [6.45, 7) is 4.92. The fourth-order valence-electron chi connectivity index (χ4n) is 1.31. The SMILES string of the molecule is C1C[NH2+]CCN1.Nc1ccc(S(=O)(=O)[O-])cc1. The molecule has 2 rings (SSSR count). The molecule has 96 valence electrons. The minimum absolute atomic E-state index is 0.258. The number of nitrogens with one attached hydrogen (secondary N) is 1. The number of anilines is 1. The molecule has 0 unspecified atom stereocenters. The normalized spacial score (nSPS) is 15.8. The van der Waals surface area contributed by atoms with Crippen LogP contribution in [0, 0.1) is 0 Å². The van der Waals surface area contributed by atoms with Crippen molar-refractivity contribution in [1.29, 1.82) is 0 Å². The largest absolute Gasteiger partial charge is 0.744 e. The molecule has 1 aromatic carbocycles. The topological polar surface area (TPSA) is 112 Å². The Bertz CT molecular complexity index is 415. The van der Waals surface area contributed by atoms with Gasteiger partial charge in [-0.25, -0.2) is 8.42 Å². The monoisotopic (exact) mass is 259 g/mol. The molecule has 1 fully saturated rings. The number of piperazine rings is 1. The molecule has 1 aliphatic rings. The van der Waals surface area contributed by atoms with E-state index in [1.807, 2.05) is 0 Å². The Morgan fingerprint density at radius 1 is 1.18 bits per heavy atom. The summed E-state index contributed by atoms with van der Waals surface area (Å²) >= 11 is 0. The van der Waals surface area contributed by atoms with Crippen LogP contribution in [0.1, 0.15) is 0 Å². The van der Waals surface area contributed by atoms with Crippen LogP contribution in [0.3, 0.4) is 0 Å². The number of quaternary nitrogens is 1. The molecule has 17 heavy (non-hydrogen) atoms. The second-order valence-corrected chi connectivity index (χ2v) is 5.02. The summed E-state index contributed by atoms with van der Waals surface area (Å²) in [5, 5.41) is 5.58. The first-order chi connectivity index (χ1) is 8.00. The molecule has 1 heterocycles. The van der Waals surface area contributed by atoms with Crippen LogP contribution >= 0.6 is 0 Å². The van der Waals surface area contributed by atoms with E-state index in [9.17, 15) is 13.0 Å². The molecule has 1 aromatic rings. The molecular formula is C10H17N3O3S. The van der Waals surface area contributed by atoms with Gasteiger partial charge in [-0.1, -0.05) is 0 Å². The third kappa shape index (κ3) is 5.64. The fourth-order valence-corrected chi connectivity index (χ4v) is 1.78. The molecule has 6 nitrogen and oxygen atoms in total. The maximum atomic E-state index is 10.3. The lowest BCUT2D eigenvalue weighted by Gasteiger charge is -2.07. The highest BCUT2D eigenvalue weighted by Crippen LogP contribution is 2.10. The molecule has 5 N–H and O–H groups in total. The van der Waals surface area contributed by atoms with E-state index in [-0.39, 0.29) is 4.90 Å². The van der Waals surface area contributed by atoms with E-state index >= 15 is 0 Å². The van der Waals surface area contributed by atoms with Gasteiger partial charge in [0.2, 0.25) is 0 Å². The Hall–Kier alpha value is -1.15. The van der Waals surface area contributed by atoms with Gasteiger partial charge in [-0.15, -0.1) is 0 Å². The lowest BCUT2D eigenvalue weighted by Crippen LogP contribution is -2.89. The van der Waals surface area contributed by atoms with E-state index in [0.717, 1.165) is 0 Å². The Morgan fingerprint density at radius 2 is 1.71 bits per heavy atom. The van der Waals surface area contributed by atoms with E-state index in [0.29, 0.717) is 5.69 Å². The van der Waals surface area contributed by atoms with Crippen LogP contribution in [0.15, 0.2) is 29.2 Å². The van der Waals surface area contributed by atoms with Crippen molar-refractivity contribution in [3.8, 4) is 0 Å². The van der Waals surface area contributed by atoms with Crippen molar-refractivity contribution in [3.05, 3.63) is 24.3 Å². The van der Waals surface area contributed by atoms with Gasteiger partial charge in [-0.05, 0) is 24.3 Å². The van der Waals surface area contributed by atoms with Gasteiger partial charge in [-0.3, -0.25) is 0 Å². The Morgan fingerprint density at radius 3 is 2.00 bits per heavy atom. The number of hydrogen-bond donors (Lipinski definition) is 3. The van der Waals surface area contributed by atoms with Crippen LogP contribution < -0.4 is 16.4 Å². The van der Waals surface area contributed by atoms with Crippen LogP contribution in [-0.2, 0) is 10.1 Å². The van der Waals surface area contributed by atoms with E-state index in [1.54, 1.807) is 0 Å². The summed E-state index contributed by atoms with van der Waals surface area (Å²) in [5.74, 6) is 0. The summed E-state index contributed by atoms with van der Waals surface area (Å²) in [6, 6.07) is 5.09. The molecule has 0 aliphatic carbocycles.